The molecule has 8 nitrogen and oxygen atoms in total. The second-order valence-corrected chi connectivity index (χ2v) is 11.2. The maximum Gasteiger partial charge on any atom is 0.221 e. The molecule has 2 atom stereocenters. The van der Waals surface area contributed by atoms with E-state index in [1.807, 2.05) is 0 Å². The van der Waals surface area contributed by atoms with Crippen LogP contribution in [0.1, 0.15) is 44.9 Å². The summed E-state index contributed by atoms with van der Waals surface area (Å²) in [6.07, 6.45) is 7.39. The van der Waals surface area contributed by atoms with E-state index in [0.717, 1.165) is 32.1 Å². The summed E-state index contributed by atoms with van der Waals surface area (Å²) in [7, 11) is -3.46. The van der Waals surface area contributed by atoms with Gasteiger partial charge < -0.3 is 5.32 Å². The summed E-state index contributed by atoms with van der Waals surface area (Å²) in [5, 5.41) is 15.6. The van der Waals surface area contributed by atoms with Crippen LogP contribution in [0.2, 0.25) is 0 Å². The van der Waals surface area contributed by atoms with Crippen molar-refractivity contribution in [3.05, 3.63) is 36.7 Å². The lowest BCUT2D eigenvalue weighted by Gasteiger charge is -2.61. The number of amides is 1. The summed E-state index contributed by atoms with van der Waals surface area (Å²) in [6, 6.07) is 8.31. The molecule has 4 fully saturated rings. The minimum atomic E-state index is -3.46. The second kappa shape index (κ2) is 6.62. The van der Waals surface area contributed by atoms with Gasteiger partial charge in [0.1, 0.15) is 0 Å². The van der Waals surface area contributed by atoms with Crippen molar-refractivity contribution >= 4 is 15.7 Å². The van der Waals surface area contributed by atoms with Crippen molar-refractivity contribution in [3.8, 4) is 0 Å². The third-order valence-electron chi connectivity index (χ3n) is 6.91. The Kier molecular flexibility index (Phi) is 4.27. The van der Waals surface area contributed by atoms with Crippen molar-refractivity contribution in [2.45, 2.75) is 60.9 Å². The van der Waals surface area contributed by atoms with Crippen molar-refractivity contribution in [1.82, 2.24) is 25.5 Å². The van der Waals surface area contributed by atoms with Gasteiger partial charge in [-0.15, -0.1) is 10.2 Å². The van der Waals surface area contributed by atoms with Gasteiger partial charge in [-0.2, -0.15) is 4.80 Å². The average molecular weight is 416 g/mol. The Balaban J connectivity index is 1.30. The first kappa shape index (κ1) is 18.7. The van der Waals surface area contributed by atoms with Crippen LogP contribution in [0.15, 0.2) is 41.6 Å². The monoisotopic (exact) mass is 415 g/mol. The van der Waals surface area contributed by atoms with E-state index < -0.39 is 9.84 Å². The van der Waals surface area contributed by atoms with E-state index in [0.29, 0.717) is 11.8 Å². The second-order valence-electron chi connectivity index (χ2n) is 9.12. The van der Waals surface area contributed by atoms with E-state index >= 15 is 0 Å². The number of hydrogen-bond acceptors (Lipinski definition) is 6. The lowest BCUT2D eigenvalue weighted by Crippen LogP contribution is -2.66. The van der Waals surface area contributed by atoms with Crippen molar-refractivity contribution in [1.29, 1.82) is 0 Å². The Bertz CT molecular complexity index is 992. The molecule has 0 saturated heterocycles. The number of sulfone groups is 1. The summed E-state index contributed by atoms with van der Waals surface area (Å²) in [5.41, 5.74) is -0.463. The fourth-order valence-corrected chi connectivity index (χ4v) is 7.57. The van der Waals surface area contributed by atoms with Crippen LogP contribution < -0.4 is 5.32 Å². The van der Waals surface area contributed by atoms with Gasteiger partial charge in [0.15, 0.2) is 16.2 Å². The molecule has 6 rings (SSSR count). The van der Waals surface area contributed by atoms with Crippen LogP contribution in [-0.4, -0.2) is 45.8 Å². The first-order valence-corrected chi connectivity index (χ1v) is 11.9. The molecule has 0 aliphatic heterocycles. The van der Waals surface area contributed by atoms with Crippen molar-refractivity contribution in [2.75, 3.05) is 5.75 Å². The van der Waals surface area contributed by atoms with Crippen LogP contribution in [0.4, 0.5) is 0 Å². The zero-order valence-electron chi connectivity index (χ0n) is 16.2. The number of aromatic nitrogens is 4. The van der Waals surface area contributed by atoms with Crippen molar-refractivity contribution in [3.63, 3.8) is 0 Å². The average Bonchev–Trinajstić information content (AvgIpc) is 3.22. The number of nitrogens with zero attached hydrogens (tertiary/aromatic N) is 4. The van der Waals surface area contributed by atoms with Gasteiger partial charge in [0.2, 0.25) is 5.91 Å². The minimum absolute atomic E-state index is 0.0249. The molecule has 1 aromatic carbocycles. The summed E-state index contributed by atoms with van der Waals surface area (Å²) in [4.78, 5) is 14.8. The SMILES string of the molecule is O=C(CCS(=O)(=O)c1ccccc1)NC12CC3CC(C1)CC(n1ncnn1)(C3)C2. The maximum absolute atomic E-state index is 12.8. The normalized spacial score (nSPS) is 33.0. The van der Waals surface area contributed by atoms with Gasteiger partial charge in [-0.3, -0.25) is 4.79 Å². The van der Waals surface area contributed by atoms with Gasteiger partial charge in [-0.25, -0.2) is 8.42 Å². The van der Waals surface area contributed by atoms with Gasteiger partial charge in [-0.05, 0) is 67.7 Å². The molecule has 4 bridgehead atoms. The van der Waals surface area contributed by atoms with Crippen LogP contribution in [0, 0.1) is 11.8 Å². The third kappa shape index (κ3) is 3.35. The van der Waals surface area contributed by atoms with Gasteiger partial charge in [0.25, 0.3) is 0 Å². The van der Waals surface area contributed by atoms with E-state index in [1.165, 1.54) is 12.7 Å². The van der Waals surface area contributed by atoms with E-state index in [-0.39, 0.29) is 34.1 Å². The van der Waals surface area contributed by atoms with E-state index in [9.17, 15) is 13.2 Å². The molecule has 1 heterocycles. The molecule has 1 aromatic heterocycles. The van der Waals surface area contributed by atoms with E-state index in [1.54, 1.807) is 35.1 Å². The highest BCUT2D eigenvalue weighted by Gasteiger charge is 2.60. The lowest BCUT2D eigenvalue weighted by molar-refractivity contribution is -0.131. The summed E-state index contributed by atoms with van der Waals surface area (Å²) in [6.45, 7) is 0. The molecule has 1 amide bonds. The quantitative estimate of drug-likeness (QED) is 0.770. The van der Waals surface area contributed by atoms with Crippen LogP contribution in [-0.2, 0) is 20.2 Å². The molecule has 2 aromatic rings. The number of tetrazole rings is 1. The highest BCUT2D eigenvalue weighted by molar-refractivity contribution is 7.91. The fourth-order valence-electron chi connectivity index (χ4n) is 6.31. The molecule has 0 spiro atoms. The number of hydrogen-bond donors (Lipinski definition) is 1. The molecule has 4 aliphatic rings. The largest absolute Gasteiger partial charge is 0.351 e. The number of benzene rings is 1. The Morgan fingerprint density at radius 1 is 1.14 bits per heavy atom. The summed E-state index contributed by atoms with van der Waals surface area (Å²) >= 11 is 0. The Morgan fingerprint density at radius 3 is 2.52 bits per heavy atom. The van der Waals surface area contributed by atoms with E-state index in [4.69, 9.17) is 0 Å². The highest BCUT2D eigenvalue weighted by atomic mass is 32.2. The molecule has 2 unspecified atom stereocenters. The standard InChI is InChI=1S/C20H25N5O3S/c26-18(6-7-29(27,28)17-4-2-1-3-5-17)23-19-9-15-8-16(10-19)12-20(11-15,13-19)25-22-14-21-24-25/h1-5,14-16H,6-13H2,(H,23,26). The van der Waals surface area contributed by atoms with Gasteiger partial charge >= 0.3 is 0 Å². The number of carbonyl (C=O) groups is 1. The van der Waals surface area contributed by atoms with Crippen LogP contribution >= 0.6 is 0 Å². The van der Waals surface area contributed by atoms with Gasteiger partial charge in [0, 0.05) is 12.0 Å². The zero-order valence-corrected chi connectivity index (χ0v) is 17.0. The van der Waals surface area contributed by atoms with Crippen molar-refractivity contribution < 1.29 is 13.2 Å². The Labute approximate surface area is 170 Å². The van der Waals surface area contributed by atoms with Gasteiger partial charge in [0.05, 0.1) is 16.2 Å². The predicted octanol–water partition coefficient (Wildman–Crippen LogP) is 1.70. The predicted molar refractivity (Wildman–Crippen MR) is 104 cm³/mol. The fraction of sp³-hybridized carbons (Fsp3) is 0.600. The summed E-state index contributed by atoms with van der Waals surface area (Å²) < 4.78 is 25.0. The van der Waals surface area contributed by atoms with Crippen LogP contribution in [0.3, 0.4) is 0 Å². The molecule has 4 aliphatic carbocycles. The minimum Gasteiger partial charge on any atom is -0.351 e. The highest BCUT2D eigenvalue weighted by Crippen LogP contribution is 2.60. The molecule has 1 N–H and O–H groups in total. The maximum atomic E-state index is 12.8. The molecule has 154 valence electrons. The Hall–Kier alpha value is -2.29. The van der Waals surface area contributed by atoms with E-state index in [2.05, 4.69) is 20.7 Å². The molecular formula is C20H25N5O3S. The first-order chi connectivity index (χ1) is 13.9. The smallest absolute Gasteiger partial charge is 0.221 e. The molecule has 4 saturated carbocycles. The first-order valence-electron chi connectivity index (χ1n) is 10.2. The lowest BCUT2D eigenvalue weighted by atomic mass is 9.50. The van der Waals surface area contributed by atoms with Crippen molar-refractivity contribution in [2.24, 2.45) is 11.8 Å². The number of nitrogens with one attached hydrogen (secondary N) is 1. The zero-order chi connectivity index (χ0) is 20.1. The molecule has 0 radical (unpaired) electrons. The number of rotatable bonds is 6. The third-order valence-corrected chi connectivity index (χ3v) is 8.64. The molecule has 29 heavy (non-hydrogen) atoms. The van der Waals surface area contributed by atoms with Gasteiger partial charge in [-0.1, -0.05) is 18.2 Å². The number of carbonyl (C=O) groups excluding carboxylic acids is 1. The Morgan fingerprint density at radius 2 is 1.86 bits per heavy atom. The van der Waals surface area contributed by atoms with Crippen LogP contribution in [0.5, 0.6) is 0 Å². The van der Waals surface area contributed by atoms with Crippen LogP contribution in [0.25, 0.3) is 0 Å². The topological polar surface area (TPSA) is 107 Å². The molecular weight excluding hydrogens is 390 g/mol. The summed E-state index contributed by atoms with van der Waals surface area (Å²) in [5.74, 6) is 0.709. The molecule has 9 heteroatoms.